The van der Waals surface area contributed by atoms with Crippen LogP contribution in [-0.4, -0.2) is 21.6 Å². The first-order valence-electron chi connectivity index (χ1n) is 4.08. The highest BCUT2D eigenvalue weighted by Gasteiger charge is 2.00. The van der Waals surface area contributed by atoms with Gasteiger partial charge in [-0.05, 0) is 6.07 Å². The quantitative estimate of drug-likeness (QED) is 0.754. The first-order chi connectivity index (χ1) is 6.81. The van der Waals surface area contributed by atoms with Crippen molar-refractivity contribution < 1.29 is 4.74 Å². The lowest BCUT2D eigenvalue weighted by molar-refractivity contribution is 0.398. The Hall–Kier alpha value is -2.04. The van der Waals surface area contributed by atoms with Gasteiger partial charge < -0.3 is 9.72 Å². The van der Waals surface area contributed by atoms with Crippen molar-refractivity contribution in [3.05, 3.63) is 41.2 Å². The summed E-state index contributed by atoms with van der Waals surface area (Å²) in [7, 11) is 1.55. The third kappa shape index (κ3) is 1.39. The summed E-state index contributed by atoms with van der Waals surface area (Å²) in [4.78, 5) is 17.8. The molecule has 2 aromatic heterocycles. The van der Waals surface area contributed by atoms with Gasteiger partial charge in [-0.25, -0.2) is 9.78 Å². The van der Waals surface area contributed by atoms with Crippen LogP contribution in [0.3, 0.4) is 0 Å². The van der Waals surface area contributed by atoms with Crippen LogP contribution in [0.25, 0.3) is 5.69 Å². The van der Waals surface area contributed by atoms with Crippen molar-refractivity contribution in [2.75, 3.05) is 7.11 Å². The lowest BCUT2D eigenvalue weighted by atomic mass is 10.4. The molecule has 5 heteroatoms. The first kappa shape index (κ1) is 8.55. The van der Waals surface area contributed by atoms with Crippen LogP contribution in [-0.2, 0) is 0 Å². The van der Waals surface area contributed by atoms with Gasteiger partial charge in [0.25, 0.3) is 0 Å². The van der Waals surface area contributed by atoms with Crippen LogP contribution in [0.5, 0.6) is 5.88 Å². The number of ether oxygens (including phenoxy) is 1. The molecular weight excluding hydrogens is 182 g/mol. The number of aromatic amines is 1. The van der Waals surface area contributed by atoms with Crippen LogP contribution >= 0.6 is 0 Å². The van der Waals surface area contributed by atoms with Gasteiger partial charge in [-0.2, -0.15) is 0 Å². The molecule has 1 N–H and O–H groups in total. The lowest BCUT2D eigenvalue weighted by Gasteiger charge is -2.01. The second-order valence-corrected chi connectivity index (χ2v) is 2.69. The van der Waals surface area contributed by atoms with E-state index in [4.69, 9.17) is 4.74 Å². The van der Waals surface area contributed by atoms with Crippen molar-refractivity contribution >= 4 is 0 Å². The average molecular weight is 191 g/mol. The summed E-state index contributed by atoms with van der Waals surface area (Å²) >= 11 is 0. The molecule has 0 aliphatic heterocycles. The largest absolute Gasteiger partial charge is 0.481 e. The molecule has 14 heavy (non-hydrogen) atoms. The van der Waals surface area contributed by atoms with Crippen molar-refractivity contribution in [1.29, 1.82) is 0 Å². The van der Waals surface area contributed by atoms with E-state index < -0.39 is 0 Å². The molecule has 5 nitrogen and oxygen atoms in total. The van der Waals surface area contributed by atoms with Gasteiger partial charge in [0.15, 0.2) is 0 Å². The van der Waals surface area contributed by atoms with Gasteiger partial charge in [-0.15, -0.1) is 0 Å². The number of H-pyrrole nitrogens is 1. The van der Waals surface area contributed by atoms with E-state index in [2.05, 4.69) is 9.97 Å². The number of aromatic nitrogens is 3. The van der Waals surface area contributed by atoms with E-state index in [9.17, 15) is 4.79 Å². The van der Waals surface area contributed by atoms with Gasteiger partial charge in [0, 0.05) is 18.5 Å². The number of pyridine rings is 1. The second-order valence-electron chi connectivity index (χ2n) is 2.69. The fourth-order valence-corrected chi connectivity index (χ4v) is 1.16. The van der Waals surface area contributed by atoms with E-state index in [1.165, 1.54) is 4.57 Å². The molecule has 2 heterocycles. The van der Waals surface area contributed by atoms with Crippen LogP contribution in [0.2, 0.25) is 0 Å². The number of imidazole rings is 1. The molecule has 0 radical (unpaired) electrons. The van der Waals surface area contributed by atoms with Crippen LogP contribution in [0.1, 0.15) is 0 Å². The molecule has 0 spiro atoms. The summed E-state index contributed by atoms with van der Waals surface area (Å²) in [5, 5.41) is 0. The van der Waals surface area contributed by atoms with E-state index in [0.717, 1.165) is 0 Å². The number of nitrogens with one attached hydrogen (secondary N) is 1. The van der Waals surface area contributed by atoms with Crippen LogP contribution in [0.15, 0.2) is 35.5 Å². The molecule has 0 amide bonds. The zero-order valence-electron chi connectivity index (χ0n) is 7.60. The fourth-order valence-electron chi connectivity index (χ4n) is 1.16. The topological polar surface area (TPSA) is 59.9 Å². The normalized spacial score (nSPS) is 10.1. The Balaban J connectivity index is 2.44. The van der Waals surface area contributed by atoms with Crippen LogP contribution in [0.4, 0.5) is 0 Å². The van der Waals surface area contributed by atoms with Crippen molar-refractivity contribution in [2.24, 2.45) is 0 Å². The third-order valence-electron chi connectivity index (χ3n) is 1.86. The molecule has 0 fully saturated rings. The molecule has 0 atom stereocenters. The number of rotatable bonds is 2. The van der Waals surface area contributed by atoms with Gasteiger partial charge in [-0.3, -0.25) is 4.57 Å². The Bertz CT molecular complexity index is 469. The van der Waals surface area contributed by atoms with Gasteiger partial charge in [0.05, 0.1) is 19.0 Å². The maximum absolute atomic E-state index is 11.2. The van der Waals surface area contributed by atoms with E-state index >= 15 is 0 Å². The highest BCUT2D eigenvalue weighted by Crippen LogP contribution is 2.08. The number of hydrogen-bond acceptors (Lipinski definition) is 3. The molecular formula is C9H9N3O2. The molecule has 0 unspecified atom stereocenters. The van der Waals surface area contributed by atoms with E-state index in [1.54, 1.807) is 37.8 Å². The zero-order chi connectivity index (χ0) is 9.97. The summed E-state index contributed by atoms with van der Waals surface area (Å²) in [6.45, 7) is 0. The highest BCUT2D eigenvalue weighted by molar-refractivity contribution is 5.30. The van der Waals surface area contributed by atoms with Crippen molar-refractivity contribution in [3.63, 3.8) is 0 Å². The Labute approximate surface area is 80.0 Å². The predicted molar refractivity (Wildman–Crippen MR) is 50.7 cm³/mol. The van der Waals surface area contributed by atoms with Crippen molar-refractivity contribution in [2.45, 2.75) is 0 Å². The summed E-state index contributed by atoms with van der Waals surface area (Å²) in [5.41, 5.74) is 0.522. The van der Waals surface area contributed by atoms with Gasteiger partial charge in [0.1, 0.15) is 0 Å². The maximum Gasteiger partial charge on any atom is 0.330 e. The van der Waals surface area contributed by atoms with E-state index in [-0.39, 0.29) is 5.69 Å². The monoisotopic (exact) mass is 191 g/mol. The molecule has 72 valence electrons. The van der Waals surface area contributed by atoms with E-state index in [1.807, 2.05) is 0 Å². The molecule has 0 saturated carbocycles. The van der Waals surface area contributed by atoms with Gasteiger partial charge in [0.2, 0.25) is 5.88 Å². The highest BCUT2D eigenvalue weighted by atomic mass is 16.5. The molecule has 0 aliphatic carbocycles. The predicted octanol–water partition coefficient (Wildman–Crippen LogP) is 0.569. The van der Waals surface area contributed by atoms with Crippen molar-refractivity contribution in [1.82, 2.24) is 14.5 Å². The molecule has 0 saturated heterocycles. The Morgan fingerprint density at radius 3 is 2.86 bits per heavy atom. The summed E-state index contributed by atoms with van der Waals surface area (Å²) in [6, 6.07) is 3.47. The average Bonchev–Trinajstić information content (AvgIpc) is 2.65. The van der Waals surface area contributed by atoms with Gasteiger partial charge >= 0.3 is 5.69 Å². The van der Waals surface area contributed by atoms with Gasteiger partial charge in [-0.1, -0.05) is 0 Å². The minimum absolute atomic E-state index is 0.183. The van der Waals surface area contributed by atoms with Crippen molar-refractivity contribution in [3.8, 4) is 11.6 Å². The summed E-state index contributed by atoms with van der Waals surface area (Å²) < 4.78 is 6.38. The van der Waals surface area contributed by atoms with Crippen LogP contribution < -0.4 is 10.4 Å². The Kier molecular flexibility index (Phi) is 2.06. The minimum atomic E-state index is -0.183. The number of hydrogen-bond donors (Lipinski definition) is 1. The smallest absolute Gasteiger partial charge is 0.330 e. The molecule has 0 aromatic carbocycles. The Morgan fingerprint density at radius 1 is 1.50 bits per heavy atom. The Morgan fingerprint density at radius 2 is 2.36 bits per heavy atom. The lowest BCUT2D eigenvalue weighted by Crippen LogP contribution is -2.13. The molecule has 2 aromatic rings. The third-order valence-corrected chi connectivity index (χ3v) is 1.86. The summed E-state index contributed by atoms with van der Waals surface area (Å²) in [5.74, 6) is 0.525. The molecule has 0 bridgehead atoms. The fraction of sp³-hybridized carbons (Fsp3) is 0.111. The molecule has 2 rings (SSSR count). The zero-order valence-corrected chi connectivity index (χ0v) is 7.60. The SMILES string of the molecule is COc1ccc(-n2cc[nH]c2=O)cn1. The van der Waals surface area contributed by atoms with Crippen LogP contribution in [0, 0.1) is 0 Å². The standard InChI is InChI=1S/C9H9N3O2/c1-14-8-3-2-7(6-11-8)12-5-4-10-9(12)13/h2-6H,1H3,(H,10,13). The second kappa shape index (κ2) is 3.37. The maximum atomic E-state index is 11.2. The van der Waals surface area contributed by atoms with E-state index in [0.29, 0.717) is 11.6 Å². The number of nitrogens with zero attached hydrogens (tertiary/aromatic N) is 2. The minimum Gasteiger partial charge on any atom is -0.481 e. The number of methoxy groups -OCH3 is 1. The summed E-state index contributed by atoms with van der Waals surface area (Å²) in [6.07, 6.45) is 4.80. The first-order valence-corrected chi connectivity index (χ1v) is 4.08. The molecule has 0 aliphatic rings.